The average molecular weight is 544 g/mol. The van der Waals surface area contributed by atoms with E-state index in [0.29, 0.717) is 49.1 Å². The van der Waals surface area contributed by atoms with E-state index in [9.17, 15) is 20.6 Å². The van der Waals surface area contributed by atoms with Gasteiger partial charge in [-0.25, -0.2) is 0 Å². The number of halogens is 1. The Morgan fingerprint density at radius 3 is 2.67 bits per heavy atom. The molecule has 2 aromatic heterocycles. The highest BCUT2D eigenvalue weighted by atomic mass is 35.5. The fourth-order valence-corrected chi connectivity index (χ4v) is 6.40. The van der Waals surface area contributed by atoms with E-state index in [0.717, 1.165) is 0 Å². The van der Waals surface area contributed by atoms with E-state index in [4.69, 9.17) is 25.6 Å². The zero-order chi connectivity index (χ0) is 27.1. The second-order valence-electron chi connectivity index (χ2n) is 10.2. The minimum absolute atomic E-state index is 0.127. The fourth-order valence-electron chi connectivity index (χ4n) is 6.23. The Bertz CT molecular complexity index is 1860. The van der Waals surface area contributed by atoms with Gasteiger partial charge in [0.05, 0.1) is 46.5 Å². The van der Waals surface area contributed by atoms with Gasteiger partial charge < -0.3 is 29.3 Å². The van der Waals surface area contributed by atoms with Crippen LogP contribution in [0, 0.1) is 11.3 Å². The third-order valence-corrected chi connectivity index (χ3v) is 8.28. The number of aliphatic hydroxyl groups is 1. The van der Waals surface area contributed by atoms with Crippen LogP contribution in [0.1, 0.15) is 36.5 Å². The van der Waals surface area contributed by atoms with Gasteiger partial charge in [0.25, 0.3) is 5.88 Å². The third-order valence-electron chi connectivity index (χ3n) is 8.05. The summed E-state index contributed by atoms with van der Waals surface area (Å²) in [5, 5.41) is 50.2. The molecular weight excluding hydrogens is 522 g/mol. The zero-order valence-electron chi connectivity index (χ0n) is 20.7. The van der Waals surface area contributed by atoms with Crippen LogP contribution in [0.25, 0.3) is 27.4 Å². The Balaban J connectivity index is 1.30. The van der Waals surface area contributed by atoms with Crippen LogP contribution in [-0.2, 0) is 15.9 Å². The van der Waals surface area contributed by atoms with E-state index >= 15 is 0 Å². The fraction of sp³-hybridized carbons (Fsp3) is 0.241. The van der Waals surface area contributed by atoms with Gasteiger partial charge in [-0.3, -0.25) is 4.57 Å². The van der Waals surface area contributed by atoms with Gasteiger partial charge in [-0.2, -0.15) is 5.26 Å². The molecule has 10 heteroatoms. The average Bonchev–Trinajstić information content (AvgIpc) is 3.60. The zero-order valence-corrected chi connectivity index (χ0v) is 21.4. The van der Waals surface area contributed by atoms with Crippen molar-refractivity contribution < 1.29 is 29.3 Å². The highest BCUT2D eigenvalue weighted by molar-refractivity contribution is 6.31. The molecule has 39 heavy (non-hydrogen) atoms. The first-order valence-corrected chi connectivity index (χ1v) is 12.8. The Hall–Kier alpha value is -4.23. The first-order chi connectivity index (χ1) is 18.8. The Labute approximate surface area is 227 Å². The molecule has 196 valence electrons. The summed E-state index contributed by atoms with van der Waals surface area (Å²) >= 11 is 6.12. The predicted molar refractivity (Wildman–Crippen MR) is 141 cm³/mol. The van der Waals surface area contributed by atoms with Crippen molar-refractivity contribution in [2.75, 3.05) is 6.61 Å². The van der Waals surface area contributed by atoms with Crippen molar-refractivity contribution in [3.05, 3.63) is 76.3 Å². The lowest BCUT2D eigenvalue weighted by molar-refractivity contribution is -0.107. The maximum absolute atomic E-state index is 11.6. The first kappa shape index (κ1) is 23.9. The Kier molecular flexibility index (Phi) is 4.98. The van der Waals surface area contributed by atoms with Gasteiger partial charge in [0, 0.05) is 28.6 Å². The second kappa shape index (κ2) is 8.13. The van der Waals surface area contributed by atoms with Crippen molar-refractivity contribution in [1.82, 2.24) is 9.72 Å². The highest BCUT2D eigenvalue weighted by Crippen LogP contribution is 2.65. The number of ether oxygens (including phenoxy) is 2. The molecule has 0 spiro atoms. The highest BCUT2D eigenvalue weighted by Gasteiger charge is 2.66. The SMILES string of the molecule is C[C@@]12O[C@@](CCOc3noc4ccc(Cl)cc34)(CC1O)c1c2c(O)n(-c2ccc(C#N)c3ccccc23)c1O. The number of hydrogen-bond donors (Lipinski definition) is 3. The van der Waals surface area contributed by atoms with Gasteiger partial charge in [0.1, 0.15) is 11.2 Å². The van der Waals surface area contributed by atoms with Gasteiger partial charge in [-0.05, 0) is 42.4 Å². The largest absolute Gasteiger partial charge is 0.494 e. The molecule has 2 aliphatic heterocycles. The molecule has 1 unspecified atom stereocenters. The summed E-state index contributed by atoms with van der Waals surface area (Å²) in [6.07, 6.45) is -0.459. The van der Waals surface area contributed by atoms with E-state index < -0.39 is 17.3 Å². The number of aromatic nitrogens is 2. The predicted octanol–water partition coefficient (Wildman–Crippen LogP) is 5.38. The molecule has 9 nitrogen and oxygen atoms in total. The first-order valence-electron chi connectivity index (χ1n) is 12.4. The summed E-state index contributed by atoms with van der Waals surface area (Å²) in [5.74, 6) is -0.137. The number of fused-ring (bicyclic) bond motifs is 7. The smallest absolute Gasteiger partial charge is 0.262 e. The topological polar surface area (TPSA) is 134 Å². The Morgan fingerprint density at radius 2 is 1.87 bits per heavy atom. The molecule has 3 atom stereocenters. The number of nitriles is 1. The summed E-state index contributed by atoms with van der Waals surface area (Å²) in [5.41, 5.74) is -0.0824. The van der Waals surface area contributed by atoms with Crippen molar-refractivity contribution in [3.8, 4) is 29.4 Å². The Morgan fingerprint density at radius 1 is 1.10 bits per heavy atom. The molecule has 0 saturated carbocycles. The monoisotopic (exact) mass is 543 g/mol. The maximum Gasteiger partial charge on any atom is 0.262 e. The minimum Gasteiger partial charge on any atom is -0.494 e. The molecule has 7 rings (SSSR count). The lowest BCUT2D eigenvalue weighted by Crippen LogP contribution is -2.33. The summed E-state index contributed by atoms with van der Waals surface area (Å²) in [4.78, 5) is 0. The van der Waals surface area contributed by atoms with Crippen LogP contribution in [0.3, 0.4) is 0 Å². The molecular formula is C29H22ClN3O6. The van der Waals surface area contributed by atoms with Crippen molar-refractivity contribution in [2.45, 2.75) is 37.1 Å². The summed E-state index contributed by atoms with van der Waals surface area (Å²) < 4.78 is 19.0. The van der Waals surface area contributed by atoms with E-state index in [1.54, 1.807) is 37.3 Å². The van der Waals surface area contributed by atoms with Crippen molar-refractivity contribution in [2.24, 2.45) is 0 Å². The number of rotatable bonds is 5. The van der Waals surface area contributed by atoms with Crippen LogP contribution in [0.4, 0.5) is 0 Å². The molecule has 2 bridgehead atoms. The van der Waals surface area contributed by atoms with E-state index in [-0.39, 0.29) is 37.1 Å². The number of aliphatic hydroxyl groups excluding tert-OH is 1. The lowest BCUT2D eigenvalue weighted by atomic mass is 9.76. The van der Waals surface area contributed by atoms with E-state index in [1.807, 2.05) is 24.3 Å². The normalized spacial score (nSPS) is 23.4. The standard InChI is InChI=1S/C29H22ClN3O6/c1-28-22(34)13-29(39-28,10-11-37-25-19-12-16(30)7-9-21(19)38-32-25)24-23(28)26(35)33(27(24)36)20-8-6-15(14-31)17-4-2-3-5-18(17)20/h2-9,12,22,34-36H,10-11,13H2,1H3/t22?,28-,29+/m1/s1. The van der Waals surface area contributed by atoms with Crippen LogP contribution in [0.5, 0.6) is 17.6 Å². The molecule has 5 aromatic rings. The van der Waals surface area contributed by atoms with Gasteiger partial charge in [-0.15, -0.1) is 0 Å². The van der Waals surface area contributed by atoms with Crippen LogP contribution in [-0.4, -0.2) is 37.8 Å². The summed E-state index contributed by atoms with van der Waals surface area (Å²) in [6.45, 7) is 1.83. The molecule has 4 heterocycles. The van der Waals surface area contributed by atoms with Gasteiger partial charge in [-0.1, -0.05) is 35.9 Å². The molecule has 3 N–H and O–H groups in total. The number of benzene rings is 3. The molecule has 2 aliphatic rings. The molecule has 0 amide bonds. The summed E-state index contributed by atoms with van der Waals surface area (Å²) in [7, 11) is 0. The molecule has 1 fully saturated rings. The minimum atomic E-state index is -1.24. The third kappa shape index (κ3) is 3.17. The quantitative estimate of drug-likeness (QED) is 0.269. The van der Waals surface area contributed by atoms with Crippen LogP contribution in [0.2, 0.25) is 5.02 Å². The number of aromatic hydroxyl groups is 2. The van der Waals surface area contributed by atoms with Crippen LogP contribution >= 0.6 is 11.6 Å². The van der Waals surface area contributed by atoms with Gasteiger partial charge >= 0.3 is 0 Å². The van der Waals surface area contributed by atoms with Crippen molar-refractivity contribution in [1.29, 1.82) is 5.26 Å². The number of hydrogen-bond acceptors (Lipinski definition) is 8. The van der Waals surface area contributed by atoms with Crippen LogP contribution < -0.4 is 4.74 Å². The van der Waals surface area contributed by atoms with Crippen molar-refractivity contribution in [3.63, 3.8) is 0 Å². The van der Waals surface area contributed by atoms with Crippen LogP contribution in [0.15, 0.2) is 59.1 Å². The molecule has 0 radical (unpaired) electrons. The van der Waals surface area contributed by atoms with Gasteiger partial charge in [0.2, 0.25) is 11.8 Å². The maximum atomic E-state index is 11.6. The lowest BCUT2D eigenvalue weighted by Gasteiger charge is -2.26. The van der Waals surface area contributed by atoms with Crippen molar-refractivity contribution >= 4 is 33.3 Å². The molecule has 1 saturated heterocycles. The van der Waals surface area contributed by atoms with Gasteiger partial charge in [0.15, 0.2) is 5.58 Å². The molecule has 3 aromatic carbocycles. The second-order valence-corrected chi connectivity index (χ2v) is 10.6. The van der Waals surface area contributed by atoms with E-state index in [1.165, 1.54) is 4.57 Å². The van der Waals surface area contributed by atoms with E-state index in [2.05, 4.69) is 11.2 Å². The molecule has 0 aliphatic carbocycles. The number of nitrogens with zero attached hydrogens (tertiary/aromatic N) is 3. The summed E-state index contributed by atoms with van der Waals surface area (Å²) in [6, 6.07) is 17.9.